The van der Waals surface area contributed by atoms with Crippen LogP contribution in [0.3, 0.4) is 0 Å². The molecule has 3 aromatic rings. The number of carbonyl (C=O) groups is 3. The number of hydrogen-bond acceptors (Lipinski definition) is 5. The van der Waals surface area contributed by atoms with Gasteiger partial charge in [0.15, 0.2) is 0 Å². The number of thioether (sulfide) groups is 2. The van der Waals surface area contributed by atoms with E-state index in [0.717, 1.165) is 27.6 Å². The van der Waals surface area contributed by atoms with Gasteiger partial charge in [-0.15, -0.1) is 23.5 Å². The van der Waals surface area contributed by atoms with Crippen molar-refractivity contribution in [3.05, 3.63) is 76.8 Å². The Hall–Kier alpha value is -2.68. The summed E-state index contributed by atoms with van der Waals surface area (Å²) < 4.78 is 0. The van der Waals surface area contributed by atoms with Gasteiger partial charge in [-0.2, -0.15) is 0 Å². The quantitative estimate of drug-likeness (QED) is 0.372. The number of fused-ring (bicyclic) bond motifs is 2. The smallest absolute Gasteiger partial charge is 0.327 e. The van der Waals surface area contributed by atoms with E-state index in [1.807, 2.05) is 30.3 Å². The van der Waals surface area contributed by atoms with Crippen LogP contribution in [0.1, 0.15) is 43.6 Å². The molecule has 3 aromatic carbocycles. The van der Waals surface area contributed by atoms with E-state index >= 15 is 0 Å². The Kier molecular flexibility index (Phi) is 7.91. The van der Waals surface area contributed by atoms with E-state index in [4.69, 9.17) is 11.6 Å². The Balaban J connectivity index is 1.63. The summed E-state index contributed by atoms with van der Waals surface area (Å²) in [7, 11) is 0. The van der Waals surface area contributed by atoms with Crippen molar-refractivity contribution < 1.29 is 19.5 Å². The number of rotatable bonds is 5. The largest absolute Gasteiger partial charge is 0.480 e. The Labute approximate surface area is 242 Å². The molecule has 1 fully saturated rings. The summed E-state index contributed by atoms with van der Waals surface area (Å²) in [6, 6.07) is 19.1. The number of nitrogens with zero attached hydrogens (tertiary/aromatic N) is 2. The predicted molar refractivity (Wildman–Crippen MR) is 161 cm³/mol. The van der Waals surface area contributed by atoms with Crippen LogP contribution >= 0.6 is 35.1 Å². The molecule has 9 heteroatoms. The van der Waals surface area contributed by atoms with Gasteiger partial charge in [0.2, 0.25) is 11.8 Å². The minimum absolute atomic E-state index is 0.0720. The maximum absolute atomic E-state index is 14.3. The molecular weight excluding hydrogens is 552 g/mol. The molecule has 0 spiro atoms. The number of aliphatic carboxylic acids is 1. The zero-order valence-corrected chi connectivity index (χ0v) is 24.5. The highest BCUT2D eigenvalue weighted by molar-refractivity contribution is 8.01. The minimum Gasteiger partial charge on any atom is -0.480 e. The van der Waals surface area contributed by atoms with E-state index < -0.39 is 17.3 Å². The van der Waals surface area contributed by atoms with Gasteiger partial charge in [-0.05, 0) is 45.5 Å². The molecule has 0 saturated carbocycles. The third-order valence-corrected chi connectivity index (χ3v) is 9.71. The van der Waals surface area contributed by atoms with Crippen molar-refractivity contribution in [1.82, 2.24) is 4.90 Å². The number of hydrogen-bond donors (Lipinski definition) is 1. The molecule has 3 atom stereocenters. The van der Waals surface area contributed by atoms with E-state index in [9.17, 15) is 19.5 Å². The Morgan fingerprint density at radius 1 is 1.05 bits per heavy atom. The van der Waals surface area contributed by atoms with Crippen LogP contribution in [0.4, 0.5) is 5.69 Å². The first-order valence-electron chi connectivity index (χ1n) is 12.9. The zero-order chi connectivity index (χ0) is 27.9. The molecular formula is C30H31ClN2O4S2. The molecule has 0 radical (unpaired) electrons. The second-order valence-corrected chi connectivity index (χ2v) is 13.9. The standard InChI is InChI=1S/C30H31ClN2O4S2/c1-30(2,3)16-32-23-12-11-19(31)13-22(23)27(21-10-6-8-18-7-4-5-9-20(18)21)39-25(28(32)35)14-26(34)33-17-38-15-24(33)29(36)37/h4-13,24-25,27H,14-17H2,1-3H3,(H,36,37)/t24-,25-,27-/m0/s1. The number of amides is 2. The van der Waals surface area contributed by atoms with Gasteiger partial charge in [0.05, 0.1) is 16.4 Å². The Bertz CT molecular complexity index is 1430. The molecule has 0 aromatic heterocycles. The number of carboxylic acids is 1. The van der Waals surface area contributed by atoms with Gasteiger partial charge in [0.1, 0.15) is 6.04 Å². The van der Waals surface area contributed by atoms with Gasteiger partial charge in [0, 0.05) is 29.4 Å². The molecule has 1 N–H and O–H groups in total. The van der Waals surface area contributed by atoms with Crippen LogP contribution < -0.4 is 4.90 Å². The van der Waals surface area contributed by atoms with Gasteiger partial charge in [-0.3, -0.25) is 9.59 Å². The molecule has 0 unspecified atom stereocenters. The molecule has 2 aliphatic rings. The summed E-state index contributed by atoms with van der Waals surface area (Å²) in [6.07, 6.45) is -0.0720. The van der Waals surface area contributed by atoms with Crippen LogP contribution in [0.2, 0.25) is 5.02 Å². The number of benzene rings is 3. The molecule has 6 nitrogen and oxygen atoms in total. The summed E-state index contributed by atoms with van der Waals surface area (Å²) in [4.78, 5) is 42.7. The Morgan fingerprint density at radius 3 is 2.54 bits per heavy atom. The second-order valence-electron chi connectivity index (χ2n) is 11.2. The van der Waals surface area contributed by atoms with Gasteiger partial charge >= 0.3 is 5.97 Å². The fourth-order valence-corrected chi connectivity index (χ4v) is 8.08. The van der Waals surface area contributed by atoms with Crippen molar-refractivity contribution in [3.63, 3.8) is 0 Å². The predicted octanol–water partition coefficient (Wildman–Crippen LogP) is 6.45. The normalized spacial score (nSPS) is 21.6. The van der Waals surface area contributed by atoms with Crippen molar-refractivity contribution in [2.75, 3.05) is 23.1 Å². The van der Waals surface area contributed by atoms with Crippen LogP contribution in [-0.4, -0.2) is 57.3 Å². The average Bonchev–Trinajstić information content (AvgIpc) is 3.36. The van der Waals surface area contributed by atoms with Crippen molar-refractivity contribution in [2.45, 2.75) is 43.7 Å². The molecule has 1 saturated heterocycles. The lowest BCUT2D eigenvalue weighted by Gasteiger charge is -2.32. The molecule has 2 amide bonds. The topological polar surface area (TPSA) is 77.9 Å². The average molecular weight is 583 g/mol. The fourth-order valence-electron chi connectivity index (χ4n) is 5.23. The van der Waals surface area contributed by atoms with E-state index in [-0.39, 0.29) is 28.9 Å². The van der Waals surface area contributed by atoms with E-state index in [1.165, 1.54) is 28.4 Å². The third kappa shape index (κ3) is 5.79. The highest BCUT2D eigenvalue weighted by Gasteiger charge is 2.42. The first-order chi connectivity index (χ1) is 18.5. The lowest BCUT2D eigenvalue weighted by atomic mass is 9.93. The van der Waals surface area contributed by atoms with Crippen molar-refractivity contribution in [1.29, 1.82) is 0 Å². The van der Waals surface area contributed by atoms with E-state index in [0.29, 0.717) is 23.2 Å². The monoisotopic (exact) mass is 582 g/mol. The van der Waals surface area contributed by atoms with Crippen molar-refractivity contribution >= 4 is 69.4 Å². The summed E-state index contributed by atoms with van der Waals surface area (Å²) in [6.45, 7) is 6.70. The second kappa shape index (κ2) is 11.1. The van der Waals surface area contributed by atoms with Crippen LogP contribution in [0.25, 0.3) is 10.8 Å². The fraction of sp³-hybridized carbons (Fsp3) is 0.367. The first-order valence-corrected chi connectivity index (χ1v) is 15.3. The first kappa shape index (κ1) is 27.9. The summed E-state index contributed by atoms with van der Waals surface area (Å²) >= 11 is 9.41. The summed E-state index contributed by atoms with van der Waals surface area (Å²) in [5.41, 5.74) is 2.56. The van der Waals surface area contributed by atoms with Crippen molar-refractivity contribution in [2.24, 2.45) is 5.41 Å². The number of halogens is 1. The molecule has 0 aliphatic carbocycles. The van der Waals surface area contributed by atoms with Crippen molar-refractivity contribution in [3.8, 4) is 0 Å². The molecule has 0 bridgehead atoms. The van der Waals surface area contributed by atoms with Gasteiger partial charge in [-0.1, -0.05) is 74.8 Å². The molecule has 39 heavy (non-hydrogen) atoms. The summed E-state index contributed by atoms with van der Waals surface area (Å²) in [5, 5.41) is 11.4. The zero-order valence-electron chi connectivity index (χ0n) is 22.1. The van der Waals surface area contributed by atoms with E-state index in [2.05, 4.69) is 45.0 Å². The highest BCUT2D eigenvalue weighted by atomic mass is 35.5. The SMILES string of the molecule is CC(C)(C)CN1C(=O)[C@H](CC(=O)N2CSC[C@H]2C(=O)O)S[C@@H](c2cccc3ccccc23)c2cc(Cl)ccc21. The lowest BCUT2D eigenvalue weighted by Crippen LogP contribution is -2.46. The van der Waals surface area contributed by atoms with Gasteiger partial charge in [0.25, 0.3) is 0 Å². The van der Waals surface area contributed by atoms with E-state index in [1.54, 1.807) is 11.0 Å². The lowest BCUT2D eigenvalue weighted by molar-refractivity contribution is -0.147. The minimum atomic E-state index is -1.02. The molecule has 5 rings (SSSR count). The third-order valence-electron chi connectivity index (χ3n) is 6.99. The highest BCUT2D eigenvalue weighted by Crippen LogP contribution is 2.49. The van der Waals surface area contributed by atoms with Gasteiger partial charge < -0.3 is 14.9 Å². The number of carboxylic acid groups (broad SMARTS) is 1. The van der Waals surface area contributed by atoms with Crippen LogP contribution in [0, 0.1) is 5.41 Å². The summed E-state index contributed by atoms with van der Waals surface area (Å²) in [5.74, 6) is -0.803. The maximum Gasteiger partial charge on any atom is 0.327 e. The molecule has 2 heterocycles. The number of carbonyl (C=O) groups excluding carboxylic acids is 2. The van der Waals surface area contributed by atoms with Crippen LogP contribution in [0.15, 0.2) is 60.7 Å². The molecule has 204 valence electrons. The Morgan fingerprint density at radius 2 is 1.79 bits per heavy atom. The van der Waals surface area contributed by atoms with Crippen LogP contribution in [0.5, 0.6) is 0 Å². The molecule has 2 aliphatic heterocycles. The van der Waals surface area contributed by atoms with Crippen LogP contribution in [-0.2, 0) is 14.4 Å². The number of anilines is 1. The maximum atomic E-state index is 14.3. The van der Waals surface area contributed by atoms with Gasteiger partial charge in [-0.25, -0.2) is 4.79 Å².